The molecule has 0 atom stereocenters. The number of nitrogens with two attached hydrogens (primary N) is 1. The van der Waals surface area contributed by atoms with E-state index in [2.05, 4.69) is 72.1 Å². The first-order chi connectivity index (χ1) is 11.4. The highest BCUT2D eigenvalue weighted by Crippen LogP contribution is 2.11. The van der Waals surface area contributed by atoms with Crippen molar-refractivity contribution in [2.75, 3.05) is 32.7 Å². The largest absolute Gasteiger partial charge is 0.370 e. The van der Waals surface area contributed by atoms with Gasteiger partial charge in [0.25, 0.3) is 0 Å². The van der Waals surface area contributed by atoms with E-state index in [1.54, 1.807) is 0 Å². The lowest BCUT2D eigenvalue weighted by Crippen LogP contribution is -2.45. The number of piperazine rings is 1. The van der Waals surface area contributed by atoms with Crippen molar-refractivity contribution >= 4 is 5.96 Å². The predicted molar refractivity (Wildman–Crippen MR) is 102 cm³/mol. The Bertz CT molecular complexity index is 522. The topological polar surface area (TPSA) is 56.9 Å². The molecule has 0 amide bonds. The van der Waals surface area contributed by atoms with Crippen LogP contribution in [0.5, 0.6) is 0 Å². The molecule has 1 aromatic rings. The molecular formula is C19H33N5. The average Bonchev–Trinajstić information content (AvgIpc) is 2.53. The molecule has 1 aromatic carbocycles. The highest BCUT2D eigenvalue weighted by molar-refractivity contribution is 5.78. The molecule has 1 saturated heterocycles. The molecule has 2 rings (SSSR count). The van der Waals surface area contributed by atoms with Gasteiger partial charge in [0.1, 0.15) is 0 Å². The summed E-state index contributed by atoms with van der Waals surface area (Å²) >= 11 is 0. The van der Waals surface area contributed by atoms with Gasteiger partial charge in [0, 0.05) is 38.3 Å². The van der Waals surface area contributed by atoms with Crippen molar-refractivity contribution in [2.24, 2.45) is 10.7 Å². The zero-order valence-electron chi connectivity index (χ0n) is 15.7. The van der Waals surface area contributed by atoms with Gasteiger partial charge in [-0.15, -0.1) is 0 Å². The zero-order chi connectivity index (χ0) is 17.6. The number of likely N-dealkylation sites (N-methyl/N-ethyl adjacent to an activating group) is 1. The molecule has 1 fully saturated rings. The summed E-state index contributed by atoms with van der Waals surface area (Å²) < 4.78 is 0. The van der Waals surface area contributed by atoms with E-state index in [9.17, 15) is 0 Å². The number of guanidine groups is 1. The maximum atomic E-state index is 5.91. The minimum atomic E-state index is -0.0563. The quantitative estimate of drug-likeness (QED) is 0.640. The lowest BCUT2D eigenvalue weighted by Gasteiger charge is -2.34. The fourth-order valence-electron chi connectivity index (χ4n) is 2.87. The first kappa shape index (κ1) is 18.7. The summed E-state index contributed by atoms with van der Waals surface area (Å²) in [5.74, 6) is 0.500. The van der Waals surface area contributed by atoms with Gasteiger partial charge in [-0.05, 0) is 38.4 Å². The average molecular weight is 332 g/mol. The number of benzene rings is 1. The number of aliphatic imine (C=N–C) groups is 1. The first-order valence-electron chi connectivity index (χ1n) is 8.96. The Morgan fingerprint density at radius 2 is 1.58 bits per heavy atom. The van der Waals surface area contributed by atoms with Crippen LogP contribution in [0.2, 0.25) is 0 Å². The maximum Gasteiger partial charge on any atom is 0.189 e. The summed E-state index contributed by atoms with van der Waals surface area (Å²) in [4.78, 5) is 9.45. The predicted octanol–water partition coefficient (Wildman–Crippen LogP) is 2.03. The van der Waals surface area contributed by atoms with Crippen molar-refractivity contribution in [2.45, 2.75) is 46.3 Å². The van der Waals surface area contributed by atoms with Gasteiger partial charge in [-0.2, -0.15) is 0 Å². The molecule has 0 radical (unpaired) electrons. The Hall–Kier alpha value is -1.59. The molecule has 24 heavy (non-hydrogen) atoms. The van der Waals surface area contributed by atoms with E-state index in [0.29, 0.717) is 12.5 Å². The summed E-state index contributed by atoms with van der Waals surface area (Å²) in [7, 11) is 0. The molecule has 5 nitrogen and oxygen atoms in total. The lowest BCUT2D eigenvalue weighted by molar-refractivity contribution is 0.132. The Morgan fingerprint density at radius 3 is 2.12 bits per heavy atom. The monoisotopic (exact) mass is 331 g/mol. The van der Waals surface area contributed by atoms with Crippen LogP contribution in [0, 0.1) is 0 Å². The zero-order valence-corrected chi connectivity index (χ0v) is 15.7. The lowest BCUT2D eigenvalue weighted by atomic mass is 10.1. The Morgan fingerprint density at radius 1 is 1.04 bits per heavy atom. The van der Waals surface area contributed by atoms with Crippen LogP contribution >= 0.6 is 0 Å². The van der Waals surface area contributed by atoms with Gasteiger partial charge in [0.15, 0.2) is 5.96 Å². The van der Waals surface area contributed by atoms with E-state index >= 15 is 0 Å². The summed E-state index contributed by atoms with van der Waals surface area (Å²) in [6.07, 6.45) is 0. The maximum absolute atomic E-state index is 5.91. The van der Waals surface area contributed by atoms with E-state index in [1.807, 2.05) is 0 Å². The van der Waals surface area contributed by atoms with Crippen LogP contribution in [-0.2, 0) is 13.1 Å². The fourth-order valence-corrected chi connectivity index (χ4v) is 2.87. The molecule has 134 valence electrons. The second-order valence-electron chi connectivity index (χ2n) is 7.60. The van der Waals surface area contributed by atoms with Crippen LogP contribution in [0.25, 0.3) is 0 Å². The van der Waals surface area contributed by atoms with Crippen LogP contribution < -0.4 is 11.1 Å². The molecule has 0 aromatic heterocycles. The molecule has 0 spiro atoms. The van der Waals surface area contributed by atoms with E-state index in [-0.39, 0.29) is 5.54 Å². The number of nitrogens with one attached hydrogen (secondary N) is 1. The van der Waals surface area contributed by atoms with Gasteiger partial charge in [0.2, 0.25) is 0 Å². The number of nitrogens with zero attached hydrogens (tertiary/aromatic N) is 3. The molecule has 0 bridgehead atoms. The van der Waals surface area contributed by atoms with E-state index in [0.717, 1.165) is 26.2 Å². The molecule has 0 unspecified atom stereocenters. The third kappa shape index (κ3) is 6.49. The minimum absolute atomic E-state index is 0.0563. The number of rotatable bonds is 5. The third-order valence-electron chi connectivity index (χ3n) is 4.28. The summed E-state index contributed by atoms with van der Waals surface area (Å²) in [5, 5.41) is 3.18. The van der Waals surface area contributed by atoms with E-state index in [1.165, 1.54) is 24.2 Å². The SMILES string of the molecule is CCN1CCN(Cc2ccc(CN=C(N)NC(C)(C)C)cc2)CC1. The van der Waals surface area contributed by atoms with E-state index < -0.39 is 0 Å². The van der Waals surface area contributed by atoms with Crippen molar-refractivity contribution < 1.29 is 0 Å². The molecule has 1 aliphatic rings. The fraction of sp³-hybridized carbons (Fsp3) is 0.632. The van der Waals surface area contributed by atoms with Gasteiger partial charge in [0.05, 0.1) is 6.54 Å². The molecule has 0 aliphatic carbocycles. The summed E-state index contributed by atoms with van der Waals surface area (Å²) in [6.45, 7) is 16.0. The van der Waals surface area contributed by atoms with Crippen LogP contribution in [-0.4, -0.2) is 54.0 Å². The summed E-state index contributed by atoms with van der Waals surface area (Å²) in [6, 6.07) is 8.74. The second kappa shape index (κ2) is 8.49. The smallest absolute Gasteiger partial charge is 0.189 e. The Balaban J connectivity index is 1.82. The highest BCUT2D eigenvalue weighted by Gasteiger charge is 2.15. The second-order valence-corrected chi connectivity index (χ2v) is 7.60. The van der Waals surface area contributed by atoms with Gasteiger partial charge in [-0.1, -0.05) is 31.2 Å². The molecule has 0 saturated carbocycles. The van der Waals surface area contributed by atoms with Gasteiger partial charge < -0.3 is 16.0 Å². The Labute approximate surface area is 146 Å². The Kier molecular flexibility index (Phi) is 6.63. The van der Waals surface area contributed by atoms with Crippen LogP contribution in [0.1, 0.15) is 38.8 Å². The van der Waals surface area contributed by atoms with Gasteiger partial charge >= 0.3 is 0 Å². The van der Waals surface area contributed by atoms with Crippen LogP contribution in [0.4, 0.5) is 0 Å². The van der Waals surface area contributed by atoms with Gasteiger partial charge in [-0.3, -0.25) is 4.90 Å². The van der Waals surface area contributed by atoms with Gasteiger partial charge in [-0.25, -0.2) is 4.99 Å². The molecule has 5 heteroatoms. The summed E-state index contributed by atoms with van der Waals surface area (Å²) in [5.41, 5.74) is 8.41. The minimum Gasteiger partial charge on any atom is -0.370 e. The number of hydrogen-bond acceptors (Lipinski definition) is 3. The standard InChI is InChI=1S/C19H33N5/c1-5-23-10-12-24(13-11-23)15-17-8-6-16(7-9-17)14-21-18(20)22-19(2,3)4/h6-9H,5,10-15H2,1-4H3,(H3,20,21,22). The third-order valence-corrected chi connectivity index (χ3v) is 4.28. The van der Waals surface area contributed by atoms with Crippen molar-refractivity contribution in [1.29, 1.82) is 0 Å². The first-order valence-corrected chi connectivity index (χ1v) is 8.96. The van der Waals surface area contributed by atoms with Crippen LogP contribution in [0.3, 0.4) is 0 Å². The highest BCUT2D eigenvalue weighted by atomic mass is 15.3. The molecule has 1 aliphatic heterocycles. The molecule has 1 heterocycles. The van der Waals surface area contributed by atoms with E-state index in [4.69, 9.17) is 5.73 Å². The normalized spacial score (nSPS) is 17.9. The van der Waals surface area contributed by atoms with Crippen molar-refractivity contribution in [3.05, 3.63) is 35.4 Å². The van der Waals surface area contributed by atoms with Crippen molar-refractivity contribution in [1.82, 2.24) is 15.1 Å². The van der Waals surface area contributed by atoms with Crippen molar-refractivity contribution in [3.8, 4) is 0 Å². The molecule has 3 N–H and O–H groups in total. The van der Waals surface area contributed by atoms with Crippen molar-refractivity contribution in [3.63, 3.8) is 0 Å². The number of hydrogen-bond donors (Lipinski definition) is 2. The molecular weight excluding hydrogens is 298 g/mol. The van der Waals surface area contributed by atoms with Crippen LogP contribution in [0.15, 0.2) is 29.3 Å².